The summed E-state index contributed by atoms with van der Waals surface area (Å²) in [6.45, 7) is 5.64. The van der Waals surface area contributed by atoms with E-state index in [2.05, 4.69) is 4.98 Å². The number of thiazole rings is 1. The minimum atomic E-state index is -0.959. The Kier molecular flexibility index (Phi) is 3.84. The number of aromatic nitrogens is 1. The summed E-state index contributed by atoms with van der Waals surface area (Å²) in [6, 6.07) is 0. The lowest BCUT2D eigenvalue weighted by molar-refractivity contribution is -0.159. The Balaban J connectivity index is 2.45. The van der Waals surface area contributed by atoms with E-state index in [1.807, 2.05) is 20.8 Å². The fourth-order valence-electron chi connectivity index (χ4n) is 1.03. The third-order valence-electron chi connectivity index (χ3n) is 1.62. The van der Waals surface area contributed by atoms with Crippen LogP contribution in [0.2, 0.25) is 0 Å². The molecule has 0 aliphatic rings. The minimum Gasteiger partial charge on any atom is -0.347 e. The molecule has 13 heavy (non-hydrogen) atoms. The van der Waals surface area contributed by atoms with Crippen LogP contribution in [0.4, 0.5) is 0 Å². The van der Waals surface area contributed by atoms with Gasteiger partial charge in [0, 0.05) is 11.3 Å². The molecule has 0 spiro atoms. The molecule has 1 heterocycles. The molecule has 0 saturated heterocycles. The fourth-order valence-corrected chi connectivity index (χ4v) is 1.82. The Hall–Kier alpha value is -0.450. The zero-order chi connectivity index (χ0) is 9.84. The van der Waals surface area contributed by atoms with E-state index >= 15 is 0 Å². The summed E-state index contributed by atoms with van der Waals surface area (Å²) >= 11 is 1.51. The summed E-state index contributed by atoms with van der Waals surface area (Å²) in [6.07, 6.45) is -0.538. The molecular formula is C9H14NO2S. The third-order valence-corrected chi connectivity index (χ3v) is 2.58. The number of aryl methyl sites for hydroxylation is 1. The first-order valence-electron chi connectivity index (χ1n) is 4.30. The van der Waals surface area contributed by atoms with Crippen molar-refractivity contribution in [2.45, 2.75) is 39.6 Å². The van der Waals surface area contributed by atoms with E-state index in [9.17, 15) is 5.11 Å². The van der Waals surface area contributed by atoms with Gasteiger partial charge in [-0.2, -0.15) is 0 Å². The van der Waals surface area contributed by atoms with E-state index in [4.69, 9.17) is 4.74 Å². The van der Waals surface area contributed by atoms with Crippen LogP contribution in [-0.2, 0) is 16.3 Å². The number of hydrogen-bond donors (Lipinski definition) is 0. The molecule has 0 saturated carbocycles. The van der Waals surface area contributed by atoms with E-state index < -0.39 is 6.29 Å². The molecule has 0 amide bonds. The molecule has 1 rings (SSSR count). The van der Waals surface area contributed by atoms with Gasteiger partial charge in [0.15, 0.2) is 6.29 Å². The summed E-state index contributed by atoms with van der Waals surface area (Å²) in [5, 5.41) is 11.3. The largest absolute Gasteiger partial charge is 0.347 e. The van der Waals surface area contributed by atoms with Gasteiger partial charge in [-0.15, -0.1) is 11.3 Å². The van der Waals surface area contributed by atoms with Gasteiger partial charge in [0.1, 0.15) is 0 Å². The molecule has 0 aliphatic heterocycles. The van der Waals surface area contributed by atoms with E-state index in [0.29, 0.717) is 6.42 Å². The second-order valence-corrected chi connectivity index (χ2v) is 4.12. The monoisotopic (exact) mass is 200 g/mol. The molecule has 0 aliphatic carbocycles. The van der Waals surface area contributed by atoms with Crippen molar-refractivity contribution in [3.63, 3.8) is 0 Å². The summed E-state index contributed by atoms with van der Waals surface area (Å²) in [5.74, 6) is 0. The van der Waals surface area contributed by atoms with Gasteiger partial charge in [0.25, 0.3) is 0 Å². The lowest BCUT2D eigenvalue weighted by Gasteiger charge is -2.11. The lowest BCUT2D eigenvalue weighted by atomic mass is 10.3. The maximum absolute atomic E-state index is 11.3. The molecule has 73 valence electrons. The normalized spacial score (nSPS) is 13.6. The topological polar surface area (TPSA) is 42.0 Å². The van der Waals surface area contributed by atoms with Crippen molar-refractivity contribution in [2.24, 2.45) is 0 Å². The Morgan fingerprint density at radius 2 is 2.31 bits per heavy atom. The number of ether oxygens (including phenoxy) is 1. The Morgan fingerprint density at radius 1 is 1.62 bits per heavy atom. The van der Waals surface area contributed by atoms with Crippen LogP contribution in [-0.4, -0.2) is 17.4 Å². The highest BCUT2D eigenvalue weighted by Crippen LogP contribution is 2.15. The van der Waals surface area contributed by atoms with Gasteiger partial charge >= 0.3 is 0 Å². The van der Waals surface area contributed by atoms with Crippen molar-refractivity contribution in [2.75, 3.05) is 0 Å². The zero-order valence-electron chi connectivity index (χ0n) is 8.11. The van der Waals surface area contributed by atoms with Crippen LogP contribution in [0.3, 0.4) is 0 Å². The predicted molar refractivity (Wildman–Crippen MR) is 51.3 cm³/mol. The smallest absolute Gasteiger partial charge is 0.196 e. The third kappa shape index (κ3) is 3.42. The molecule has 0 N–H and O–H groups in total. The standard InChI is InChI=1S/C9H14NO2S/c1-6(2)12-9(11)4-8-7(3)10-5-13-8/h5-6,9H,4H2,1-3H3. The van der Waals surface area contributed by atoms with Crippen LogP contribution < -0.4 is 0 Å². The Bertz CT molecular complexity index is 260. The van der Waals surface area contributed by atoms with Gasteiger partial charge in [-0.3, -0.25) is 0 Å². The summed E-state index contributed by atoms with van der Waals surface area (Å²) < 4.78 is 5.10. The molecule has 0 aromatic carbocycles. The van der Waals surface area contributed by atoms with Crippen molar-refractivity contribution < 1.29 is 9.84 Å². The molecule has 0 bridgehead atoms. The van der Waals surface area contributed by atoms with E-state index in [1.54, 1.807) is 5.51 Å². The van der Waals surface area contributed by atoms with Crippen LogP contribution in [0.15, 0.2) is 5.51 Å². The van der Waals surface area contributed by atoms with Crippen molar-refractivity contribution in [3.05, 3.63) is 16.1 Å². The van der Waals surface area contributed by atoms with E-state index in [0.717, 1.165) is 10.6 Å². The fraction of sp³-hybridized carbons (Fsp3) is 0.667. The molecule has 3 nitrogen and oxygen atoms in total. The number of nitrogens with zero attached hydrogens (tertiary/aromatic N) is 1. The SMILES string of the molecule is Cc1ncsc1CC([O])OC(C)C. The van der Waals surface area contributed by atoms with Gasteiger partial charge in [0.2, 0.25) is 0 Å². The Morgan fingerprint density at radius 3 is 2.77 bits per heavy atom. The summed E-state index contributed by atoms with van der Waals surface area (Å²) in [5.41, 5.74) is 2.70. The van der Waals surface area contributed by atoms with Crippen LogP contribution >= 0.6 is 11.3 Å². The molecule has 1 aromatic heterocycles. The van der Waals surface area contributed by atoms with Crippen molar-refractivity contribution >= 4 is 11.3 Å². The quantitative estimate of drug-likeness (QED) is 0.699. The second-order valence-electron chi connectivity index (χ2n) is 3.18. The number of hydrogen-bond acceptors (Lipinski definition) is 3. The molecule has 0 fully saturated rings. The van der Waals surface area contributed by atoms with E-state index in [1.165, 1.54) is 11.3 Å². The van der Waals surface area contributed by atoms with Crippen LogP contribution in [0, 0.1) is 6.92 Å². The Labute approximate surface area is 82.4 Å². The molecule has 1 aromatic rings. The molecule has 1 radical (unpaired) electrons. The summed E-state index contributed by atoms with van der Waals surface area (Å²) in [7, 11) is 0. The zero-order valence-corrected chi connectivity index (χ0v) is 8.93. The van der Waals surface area contributed by atoms with Gasteiger partial charge in [0.05, 0.1) is 17.3 Å². The van der Waals surface area contributed by atoms with E-state index in [-0.39, 0.29) is 6.10 Å². The maximum Gasteiger partial charge on any atom is 0.196 e. The first-order chi connectivity index (χ1) is 6.09. The number of rotatable bonds is 4. The van der Waals surface area contributed by atoms with Gasteiger partial charge in [-0.05, 0) is 20.8 Å². The first kappa shape index (κ1) is 10.6. The van der Waals surface area contributed by atoms with Gasteiger partial charge in [-0.1, -0.05) is 0 Å². The highest BCUT2D eigenvalue weighted by Gasteiger charge is 2.12. The molecular weight excluding hydrogens is 186 g/mol. The highest BCUT2D eigenvalue weighted by atomic mass is 32.1. The average molecular weight is 200 g/mol. The maximum atomic E-state index is 11.3. The van der Waals surface area contributed by atoms with Gasteiger partial charge in [-0.25, -0.2) is 10.1 Å². The van der Waals surface area contributed by atoms with Crippen molar-refractivity contribution in [1.29, 1.82) is 0 Å². The predicted octanol–water partition coefficient (Wildman–Crippen LogP) is 2.18. The second kappa shape index (κ2) is 4.69. The summed E-state index contributed by atoms with van der Waals surface area (Å²) in [4.78, 5) is 5.10. The molecule has 4 heteroatoms. The molecule has 1 atom stereocenters. The molecule has 1 unspecified atom stereocenters. The van der Waals surface area contributed by atoms with Crippen molar-refractivity contribution in [3.8, 4) is 0 Å². The highest BCUT2D eigenvalue weighted by molar-refractivity contribution is 7.09. The van der Waals surface area contributed by atoms with Gasteiger partial charge < -0.3 is 4.74 Å². The van der Waals surface area contributed by atoms with Crippen molar-refractivity contribution in [1.82, 2.24) is 4.98 Å². The van der Waals surface area contributed by atoms with Crippen LogP contribution in [0.25, 0.3) is 0 Å². The van der Waals surface area contributed by atoms with Crippen LogP contribution in [0.1, 0.15) is 24.4 Å². The minimum absolute atomic E-state index is 0.00396. The van der Waals surface area contributed by atoms with Crippen LogP contribution in [0.5, 0.6) is 0 Å². The average Bonchev–Trinajstić information content (AvgIpc) is 2.34. The lowest BCUT2D eigenvalue weighted by Crippen LogP contribution is -2.18. The first-order valence-corrected chi connectivity index (χ1v) is 5.17.